The van der Waals surface area contributed by atoms with Crippen molar-refractivity contribution in [1.29, 1.82) is 0 Å². The Morgan fingerprint density at radius 2 is 2.18 bits per heavy atom. The van der Waals surface area contributed by atoms with Gasteiger partial charge >= 0.3 is 0 Å². The number of hydrogen-bond acceptors (Lipinski definition) is 4. The van der Waals surface area contributed by atoms with Crippen LogP contribution in [-0.4, -0.2) is 27.2 Å². The van der Waals surface area contributed by atoms with E-state index >= 15 is 0 Å². The summed E-state index contributed by atoms with van der Waals surface area (Å²) in [6.45, 7) is 1.37. The molecule has 3 nitrogen and oxygen atoms in total. The number of aliphatic hydroxyl groups is 2. The second-order valence-electron chi connectivity index (χ2n) is 3.45. The third-order valence-corrected chi connectivity index (χ3v) is 3.97. The zero-order valence-corrected chi connectivity index (χ0v) is 12.0. The fourth-order valence-corrected chi connectivity index (χ4v) is 2.65. The number of carbonyl (C=O) groups excluding carboxylic acids is 1. The highest BCUT2D eigenvalue weighted by Crippen LogP contribution is 2.27. The number of benzene rings is 1. The fraction of sp³-hybridized carbons (Fsp3) is 0.364. The Morgan fingerprint density at radius 3 is 2.71 bits per heavy atom. The van der Waals surface area contributed by atoms with Crippen LogP contribution in [0.1, 0.15) is 18.6 Å². The van der Waals surface area contributed by atoms with Crippen LogP contribution >= 0.6 is 34.4 Å². The molecule has 2 unspecified atom stereocenters. The maximum absolute atomic E-state index is 13.5. The number of carbonyl (C=O) groups is 1. The first-order chi connectivity index (χ1) is 7.93. The zero-order valence-electron chi connectivity index (χ0n) is 9.06. The van der Waals surface area contributed by atoms with Gasteiger partial charge in [-0.3, -0.25) is 4.79 Å². The maximum Gasteiger partial charge on any atom is 0.185 e. The first kappa shape index (κ1) is 14.9. The van der Waals surface area contributed by atoms with Crippen LogP contribution in [0.2, 0.25) is 0 Å². The lowest BCUT2D eigenvalue weighted by molar-refractivity contribution is -0.109. The molecule has 0 bridgehead atoms. The minimum Gasteiger partial charge on any atom is -0.389 e. The van der Waals surface area contributed by atoms with E-state index < -0.39 is 18.0 Å². The largest absolute Gasteiger partial charge is 0.389 e. The summed E-state index contributed by atoms with van der Waals surface area (Å²) < 4.78 is 14.1. The van der Waals surface area contributed by atoms with Gasteiger partial charge in [-0.25, -0.2) is 4.39 Å². The highest BCUT2D eigenvalue weighted by Gasteiger charge is 2.24. The maximum atomic E-state index is 13.5. The molecule has 0 aromatic heterocycles. The monoisotopic (exact) mass is 370 g/mol. The molecule has 0 saturated carbocycles. The Hall–Kier alpha value is -0.180. The molecule has 0 fully saturated rings. The van der Waals surface area contributed by atoms with Crippen molar-refractivity contribution in [3.8, 4) is 0 Å². The van der Waals surface area contributed by atoms with Gasteiger partial charge in [0.2, 0.25) is 0 Å². The van der Waals surface area contributed by atoms with Gasteiger partial charge in [-0.1, -0.05) is 17.8 Å². The highest BCUT2D eigenvalue weighted by molar-refractivity contribution is 14.1. The molecule has 0 saturated heterocycles. The van der Waals surface area contributed by atoms with Crippen molar-refractivity contribution in [2.75, 3.05) is 5.75 Å². The van der Waals surface area contributed by atoms with E-state index in [-0.39, 0.29) is 16.4 Å². The lowest BCUT2D eigenvalue weighted by Crippen LogP contribution is -2.23. The fourth-order valence-electron chi connectivity index (χ4n) is 1.28. The lowest BCUT2D eigenvalue weighted by atomic mass is 10.1. The SMILES string of the molecule is CC(=O)SCC(O)C(O)c1c(F)cccc1I. The van der Waals surface area contributed by atoms with Crippen LogP contribution < -0.4 is 0 Å². The highest BCUT2D eigenvalue weighted by atomic mass is 127. The standard InChI is InChI=1S/C11H12FIO3S/c1-6(14)17-5-9(15)11(16)10-7(12)3-2-4-8(10)13/h2-4,9,11,15-16H,5H2,1H3. The van der Waals surface area contributed by atoms with Gasteiger partial charge in [0.15, 0.2) is 5.12 Å². The Kier molecular flexibility index (Phi) is 5.84. The summed E-state index contributed by atoms with van der Waals surface area (Å²) in [7, 11) is 0. The molecule has 94 valence electrons. The molecule has 17 heavy (non-hydrogen) atoms. The Labute approximate surface area is 117 Å². The predicted octanol–water partition coefficient (Wildman–Crippen LogP) is 2.10. The van der Waals surface area contributed by atoms with Crippen LogP contribution in [0.15, 0.2) is 18.2 Å². The normalized spacial score (nSPS) is 14.4. The topological polar surface area (TPSA) is 57.5 Å². The van der Waals surface area contributed by atoms with Gasteiger partial charge in [-0.05, 0) is 34.7 Å². The van der Waals surface area contributed by atoms with Gasteiger partial charge in [0, 0.05) is 21.8 Å². The Balaban J connectivity index is 2.81. The number of rotatable bonds is 4. The molecule has 1 rings (SSSR count). The summed E-state index contributed by atoms with van der Waals surface area (Å²) in [5.41, 5.74) is 0.0738. The summed E-state index contributed by atoms with van der Waals surface area (Å²) in [6.07, 6.45) is -2.50. The van der Waals surface area contributed by atoms with E-state index in [0.29, 0.717) is 3.57 Å². The van der Waals surface area contributed by atoms with Crippen molar-refractivity contribution in [3.05, 3.63) is 33.1 Å². The number of thioether (sulfide) groups is 1. The molecule has 0 aliphatic heterocycles. The molecule has 1 aromatic rings. The summed E-state index contributed by atoms with van der Waals surface area (Å²) in [5.74, 6) is -0.516. The molecule has 0 aliphatic rings. The molecule has 0 heterocycles. The van der Waals surface area contributed by atoms with Crippen molar-refractivity contribution in [2.45, 2.75) is 19.1 Å². The molecule has 0 spiro atoms. The average molecular weight is 370 g/mol. The molecule has 0 amide bonds. The predicted molar refractivity (Wildman–Crippen MR) is 73.2 cm³/mol. The minimum absolute atomic E-state index is 0.0426. The van der Waals surface area contributed by atoms with Crippen LogP contribution in [0.3, 0.4) is 0 Å². The van der Waals surface area contributed by atoms with E-state index in [9.17, 15) is 19.4 Å². The molecule has 0 aliphatic carbocycles. The first-order valence-electron chi connectivity index (χ1n) is 4.87. The van der Waals surface area contributed by atoms with Gasteiger partial charge in [0.25, 0.3) is 0 Å². The van der Waals surface area contributed by atoms with Crippen molar-refractivity contribution < 1.29 is 19.4 Å². The summed E-state index contributed by atoms with van der Waals surface area (Å²) >= 11 is 2.79. The third-order valence-electron chi connectivity index (χ3n) is 2.12. The molecule has 2 atom stereocenters. The van der Waals surface area contributed by atoms with E-state index in [2.05, 4.69) is 0 Å². The summed E-state index contributed by atoms with van der Waals surface area (Å²) in [5, 5.41) is 19.4. The van der Waals surface area contributed by atoms with Crippen LogP contribution in [0.5, 0.6) is 0 Å². The summed E-state index contributed by atoms with van der Waals surface area (Å²) in [4.78, 5) is 10.7. The Morgan fingerprint density at radius 1 is 1.53 bits per heavy atom. The molecule has 1 aromatic carbocycles. The van der Waals surface area contributed by atoms with E-state index in [1.807, 2.05) is 22.6 Å². The molecule has 2 N–H and O–H groups in total. The van der Waals surface area contributed by atoms with Gasteiger partial charge < -0.3 is 10.2 Å². The van der Waals surface area contributed by atoms with E-state index in [1.54, 1.807) is 6.07 Å². The van der Waals surface area contributed by atoms with Crippen molar-refractivity contribution in [2.24, 2.45) is 0 Å². The van der Waals surface area contributed by atoms with Gasteiger partial charge in [-0.2, -0.15) is 0 Å². The number of hydrogen-bond donors (Lipinski definition) is 2. The second kappa shape index (κ2) is 6.67. The second-order valence-corrected chi connectivity index (χ2v) is 5.81. The van der Waals surface area contributed by atoms with Crippen LogP contribution in [0, 0.1) is 9.39 Å². The number of halogens is 2. The van der Waals surface area contributed by atoms with Crippen LogP contribution in [0.25, 0.3) is 0 Å². The van der Waals surface area contributed by atoms with E-state index in [4.69, 9.17) is 0 Å². The van der Waals surface area contributed by atoms with E-state index in [1.165, 1.54) is 19.1 Å². The van der Waals surface area contributed by atoms with Gasteiger partial charge in [0.1, 0.15) is 11.9 Å². The van der Waals surface area contributed by atoms with E-state index in [0.717, 1.165) is 11.8 Å². The van der Waals surface area contributed by atoms with Crippen LogP contribution in [-0.2, 0) is 4.79 Å². The summed E-state index contributed by atoms with van der Waals surface area (Å²) in [6, 6.07) is 4.41. The third kappa shape index (κ3) is 4.20. The Bertz CT molecular complexity index is 393. The molecule has 6 heteroatoms. The zero-order chi connectivity index (χ0) is 13.0. The van der Waals surface area contributed by atoms with Crippen LogP contribution in [0.4, 0.5) is 4.39 Å². The lowest BCUT2D eigenvalue weighted by Gasteiger charge is -2.19. The molecular formula is C11H12FIO3S. The van der Waals surface area contributed by atoms with Gasteiger partial charge in [-0.15, -0.1) is 0 Å². The smallest absolute Gasteiger partial charge is 0.185 e. The van der Waals surface area contributed by atoms with Crippen molar-refractivity contribution >= 4 is 39.5 Å². The number of aliphatic hydroxyl groups excluding tert-OH is 2. The van der Waals surface area contributed by atoms with Crippen molar-refractivity contribution in [1.82, 2.24) is 0 Å². The first-order valence-corrected chi connectivity index (χ1v) is 6.93. The van der Waals surface area contributed by atoms with Gasteiger partial charge in [0.05, 0.1) is 6.10 Å². The minimum atomic E-state index is -1.32. The molecule has 0 radical (unpaired) electrons. The average Bonchev–Trinajstić information content (AvgIpc) is 2.25. The molecular weight excluding hydrogens is 358 g/mol. The quantitative estimate of drug-likeness (QED) is 0.798. The van der Waals surface area contributed by atoms with Crippen molar-refractivity contribution in [3.63, 3.8) is 0 Å².